The van der Waals surface area contributed by atoms with Gasteiger partial charge in [0, 0.05) is 12.8 Å². The summed E-state index contributed by atoms with van der Waals surface area (Å²) in [7, 11) is -3.99. The zero-order valence-corrected chi connectivity index (χ0v) is 7.91. The number of quaternary nitrogens is 1. The molecule has 0 bridgehead atoms. The van der Waals surface area contributed by atoms with E-state index in [1.807, 2.05) is 0 Å². The maximum absolute atomic E-state index is 11.2. The minimum Gasteiger partial charge on any atom is -0.279 e. The molecule has 70 valence electrons. The molecule has 1 aliphatic rings. The van der Waals surface area contributed by atoms with Crippen LogP contribution in [0.4, 0.5) is 0 Å². The maximum atomic E-state index is 11.2. The lowest BCUT2D eigenvalue weighted by atomic mass is 10.4. The van der Waals surface area contributed by atoms with E-state index < -0.39 is 7.75 Å². The quantitative estimate of drug-likeness (QED) is 0.515. The molecular weight excluding hydrogens is 177 g/mol. The van der Waals surface area contributed by atoms with Gasteiger partial charge >= 0.3 is 7.75 Å². The molecule has 4 nitrogen and oxygen atoms in total. The Kier molecular flexibility index (Phi) is 2.74. The maximum Gasteiger partial charge on any atom is 0.526 e. The van der Waals surface area contributed by atoms with Crippen molar-refractivity contribution in [2.75, 3.05) is 19.6 Å². The fourth-order valence-corrected chi connectivity index (χ4v) is 2.85. The lowest BCUT2D eigenvalue weighted by Gasteiger charge is -2.32. The van der Waals surface area contributed by atoms with Crippen LogP contribution >= 0.6 is 7.75 Å². The highest BCUT2D eigenvalue weighted by molar-refractivity contribution is 7.45. The molecular formula is C7H15NO3P+. The van der Waals surface area contributed by atoms with Gasteiger partial charge in [0.2, 0.25) is 0 Å². The van der Waals surface area contributed by atoms with Gasteiger partial charge in [0.25, 0.3) is 0 Å². The lowest BCUT2D eigenvalue weighted by molar-refractivity contribution is -0.804. The van der Waals surface area contributed by atoms with Crippen LogP contribution in [-0.2, 0) is 4.57 Å². The van der Waals surface area contributed by atoms with Crippen LogP contribution in [0, 0.1) is 0 Å². The Bertz CT molecular complexity index is 217. The molecule has 0 aromatic heterocycles. The van der Waals surface area contributed by atoms with Gasteiger partial charge in [-0.2, -0.15) is 0 Å². The molecule has 2 N–H and O–H groups in total. The van der Waals surface area contributed by atoms with Gasteiger partial charge in [-0.1, -0.05) is 6.58 Å². The van der Waals surface area contributed by atoms with E-state index in [0.717, 1.165) is 12.8 Å². The average Bonchev–Trinajstić information content (AvgIpc) is 2.36. The van der Waals surface area contributed by atoms with Crippen molar-refractivity contribution >= 4 is 7.75 Å². The van der Waals surface area contributed by atoms with E-state index in [1.54, 1.807) is 6.08 Å². The first-order valence-corrected chi connectivity index (χ1v) is 5.61. The molecule has 12 heavy (non-hydrogen) atoms. The Morgan fingerprint density at radius 2 is 1.92 bits per heavy atom. The SMILES string of the molecule is C=CC[N+]1(P(=O)(O)O)CCCC1. The largest absolute Gasteiger partial charge is 0.526 e. The van der Waals surface area contributed by atoms with Crippen LogP contribution in [0.2, 0.25) is 0 Å². The standard InChI is InChI=1S/C7H14NO3P/c1-2-5-8(12(9,10)11)6-3-4-7-8/h2H,1,3-7H2,(H-,9,10,11)/p+1. The first kappa shape index (κ1) is 9.93. The van der Waals surface area contributed by atoms with Gasteiger partial charge in [-0.25, -0.2) is 8.82 Å². The summed E-state index contributed by atoms with van der Waals surface area (Å²) in [6.07, 6.45) is 3.39. The summed E-state index contributed by atoms with van der Waals surface area (Å²) in [4.78, 5) is 18.3. The molecule has 0 unspecified atom stereocenters. The van der Waals surface area contributed by atoms with Gasteiger partial charge in [-0.15, -0.1) is 0 Å². The van der Waals surface area contributed by atoms with Crippen LogP contribution in [0.25, 0.3) is 0 Å². The zero-order chi connectivity index (χ0) is 9.24. The number of hydrogen-bond acceptors (Lipinski definition) is 1. The average molecular weight is 192 g/mol. The molecule has 0 atom stereocenters. The van der Waals surface area contributed by atoms with Crippen molar-refractivity contribution < 1.29 is 18.6 Å². The molecule has 0 aliphatic carbocycles. The van der Waals surface area contributed by atoms with Gasteiger partial charge in [-0.3, -0.25) is 9.79 Å². The second kappa shape index (κ2) is 3.30. The van der Waals surface area contributed by atoms with Crippen molar-refractivity contribution in [2.24, 2.45) is 0 Å². The molecule has 0 aromatic carbocycles. The van der Waals surface area contributed by atoms with Crippen LogP contribution in [0.15, 0.2) is 12.7 Å². The van der Waals surface area contributed by atoms with Crippen molar-refractivity contribution in [1.29, 1.82) is 0 Å². The van der Waals surface area contributed by atoms with Crippen LogP contribution in [0.1, 0.15) is 12.8 Å². The highest BCUT2D eigenvalue weighted by atomic mass is 31.2. The van der Waals surface area contributed by atoms with Crippen molar-refractivity contribution in [2.45, 2.75) is 12.8 Å². The Hall–Kier alpha value is -0.150. The Balaban J connectivity index is 2.86. The molecule has 1 fully saturated rings. The summed E-state index contributed by atoms with van der Waals surface area (Å²) in [5, 5.41) is 0. The first-order valence-electron chi connectivity index (χ1n) is 4.05. The number of likely N-dealkylation sites (tertiary alicyclic amines) is 1. The van der Waals surface area contributed by atoms with Gasteiger partial charge in [-0.05, 0) is 6.08 Å². The predicted octanol–water partition coefficient (Wildman–Crippen LogP) is 0.876. The summed E-state index contributed by atoms with van der Waals surface area (Å²) in [5.41, 5.74) is 0. The third-order valence-corrected chi connectivity index (χ3v) is 4.09. The van der Waals surface area contributed by atoms with E-state index in [-0.39, 0.29) is 4.25 Å². The van der Waals surface area contributed by atoms with E-state index in [1.165, 1.54) is 0 Å². The summed E-state index contributed by atoms with van der Waals surface area (Å²) < 4.78 is 11.1. The highest BCUT2D eigenvalue weighted by Crippen LogP contribution is 2.50. The monoisotopic (exact) mass is 192 g/mol. The van der Waals surface area contributed by atoms with Crippen LogP contribution in [0.5, 0.6) is 0 Å². The Morgan fingerprint density at radius 1 is 1.42 bits per heavy atom. The predicted molar refractivity (Wildman–Crippen MR) is 46.3 cm³/mol. The molecule has 0 saturated carbocycles. The van der Waals surface area contributed by atoms with E-state index >= 15 is 0 Å². The van der Waals surface area contributed by atoms with Crippen LogP contribution < -0.4 is 0 Å². The van der Waals surface area contributed by atoms with E-state index in [0.29, 0.717) is 19.6 Å². The molecule has 1 rings (SSSR count). The van der Waals surface area contributed by atoms with Gasteiger partial charge in [0.05, 0.1) is 13.1 Å². The summed E-state index contributed by atoms with van der Waals surface area (Å²) in [6, 6.07) is 0. The molecule has 1 saturated heterocycles. The molecule has 0 amide bonds. The summed E-state index contributed by atoms with van der Waals surface area (Å²) >= 11 is 0. The van der Waals surface area contributed by atoms with Gasteiger partial charge in [0.15, 0.2) is 0 Å². The van der Waals surface area contributed by atoms with Crippen molar-refractivity contribution in [3.05, 3.63) is 12.7 Å². The normalized spacial score (nSPS) is 22.5. The zero-order valence-electron chi connectivity index (χ0n) is 7.02. The van der Waals surface area contributed by atoms with E-state index in [9.17, 15) is 4.57 Å². The van der Waals surface area contributed by atoms with E-state index in [2.05, 4.69) is 6.58 Å². The smallest absolute Gasteiger partial charge is 0.279 e. The molecule has 0 aromatic rings. The second-order valence-corrected chi connectivity index (χ2v) is 5.11. The van der Waals surface area contributed by atoms with Crippen molar-refractivity contribution in [3.8, 4) is 0 Å². The van der Waals surface area contributed by atoms with Crippen molar-refractivity contribution in [1.82, 2.24) is 0 Å². The summed E-state index contributed by atoms with van der Waals surface area (Å²) in [6.45, 7) is 5.06. The fourth-order valence-electron chi connectivity index (χ4n) is 1.71. The molecule has 0 spiro atoms. The highest BCUT2D eigenvalue weighted by Gasteiger charge is 2.46. The minimum absolute atomic E-state index is 0.0868. The summed E-state index contributed by atoms with van der Waals surface area (Å²) in [5.74, 6) is 0. The van der Waals surface area contributed by atoms with E-state index in [4.69, 9.17) is 9.79 Å². The fraction of sp³-hybridized carbons (Fsp3) is 0.714. The molecule has 0 radical (unpaired) electrons. The Morgan fingerprint density at radius 3 is 2.25 bits per heavy atom. The lowest BCUT2D eigenvalue weighted by Crippen LogP contribution is -2.41. The van der Waals surface area contributed by atoms with Crippen LogP contribution in [-0.4, -0.2) is 33.7 Å². The third-order valence-electron chi connectivity index (χ3n) is 2.42. The molecule has 1 heterocycles. The van der Waals surface area contributed by atoms with Gasteiger partial charge in [0.1, 0.15) is 6.54 Å². The topological polar surface area (TPSA) is 57.5 Å². The number of nitrogens with zero attached hydrogens (tertiary/aromatic N) is 1. The van der Waals surface area contributed by atoms with Gasteiger partial charge < -0.3 is 0 Å². The minimum atomic E-state index is -3.99. The molecule has 1 aliphatic heterocycles. The van der Waals surface area contributed by atoms with Crippen LogP contribution in [0.3, 0.4) is 0 Å². The number of rotatable bonds is 3. The third kappa shape index (κ3) is 1.62. The first-order chi connectivity index (χ1) is 5.52. The second-order valence-electron chi connectivity index (χ2n) is 3.23. The molecule has 5 heteroatoms. The number of hydrogen-bond donors (Lipinski definition) is 2. The van der Waals surface area contributed by atoms with Crippen molar-refractivity contribution in [3.63, 3.8) is 0 Å². The Labute approximate surface area is 72.3 Å².